The van der Waals surface area contributed by atoms with Gasteiger partial charge in [-0.15, -0.1) is 0 Å². The molecule has 0 aliphatic carbocycles. The topological polar surface area (TPSA) is 87.1 Å². The smallest absolute Gasteiger partial charge is 0.339 e. The highest BCUT2D eigenvalue weighted by molar-refractivity contribution is 9.10. The van der Waals surface area contributed by atoms with Crippen LogP contribution in [0.3, 0.4) is 0 Å². The molecule has 1 rings (SSSR count). The third kappa shape index (κ3) is 1.63. The molecule has 0 saturated carbocycles. The zero-order valence-corrected chi connectivity index (χ0v) is 8.00. The average molecular weight is 241 g/mol. The first-order valence-electron chi connectivity index (χ1n) is 3.29. The number of anilines is 1. The molecule has 13 heavy (non-hydrogen) atoms. The monoisotopic (exact) mass is 240 g/mol. The molecule has 3 N–H and O–H groups in total. The van der Waals surface area contributed by atoms with Gasteiger partial charge < -0.3 is 10.8 Å². The van der Waals surface area contributed by atoms with Gasteiger partial charge in [0.25, 0.3) is 0 Å². The molecule has 0 aliphatic heterocycles. The third-order valence-corrected chi connectivity index (χ3v) is 2.19. The molecule has 0 aliphatic rings. The van der Waals surface area contributed by atoms with Crippen LogP contribution < -0.4 is 5.73 Å². The Hall–Kier alpha value is -1.54. The molecular formula is C8H5BrN2O2. The fourth-order valence-corrected chi connectivity index (χ4v) is 1.42. The number of carboxylic acids is 1. The van der Waals surface area contributed by atoms with E-state index in [0.29, 0.717) is 4.47 Å². The van der Waals surface area contributed by atoms with E-state index in [-0.39, 0.29) is 16.8 Å². The predicted octanol–water partition coefficient (Wildman–Crippen LogP) is 1.60. The molecule has 0 fully saturated rings. The van der Waals surface area contributed by atoms with Gasteiger partial charge in [0.15, 0.2) is 0 Å². The lowest BCUT2D eigenvalue weighted by Gasteiger charge is -2.04. The standard InChI is InChI=1S/C8H5BrN2O2/c9-5-2-1-4(3-10)7(11)6(5)8(12)13/h1-2H,11H2,(H,12,13). The van der Waals surface area contributed by atoms with Crippen LogP contribution in [0.5, 0.6) is 0 Å². The summed E-state index contributed by atoms with van der Waals surface area (Å²) < 4.78 is 0.372. The zero-order valence-electron chi connectivity index (χ0n) is 6.41. The Bertz CT molecular complexity index is 409. The third-order valence-electron chi connectivity index (χ3n) is 1.53. The minimum atomic E-state index is -1.15. The Morgan fingerprint density at radius 2 is 2.23 bits per heavy atom. The normalized spacial score (nSPS) is 9.23. The SMILES string of the molecule is N#Cc1ccc(Br)c(C(=O)O)c1N. The van der Waals surface area contributed by atoms with Crippen LogP contribution in [0.2, 0.25) is 0 Å². The molecule has 66 valence electrons. The lowest BCUT2D eigenvalue weighted by molar-refractivity contribution is 0.0697. The van der Waals surface area contributed by atoms with Crippen molar-refractivity contribution >= 4 is 27.6 Å². The van der Waals surface area contributed by atoms with E-state index in [4.69, 9.17) is 16.1 Å². The highest BCUT2D eigenvalue weighted by Gasteiger charge is 2.15. The minimum Gasteiger partial charge on any atom is -0.478 e. The number of hydrogen-bond donors (Lipinski definition) is 2. The van der Waals surface area contributed by atoms with Crippen molar-refractivity contribution in [1.29, 1.82) is 5.26 Å². The largest absolute Gasteiger partial charge is 0.478 e. The van der Waals surface area contributed by atoms with Gasteiger partial charge >= 0.3 is 5.97 Å². The molecule has 1 aromatic carbocycles. The number of carbonyl (C=O) groups is 1. The molecule has 0 radical (unpaired) electrons. The Labute approximate surface area is 82.7 Å². The summed E-state index contributed by atoms with van der Waals surface area (Å²) in [6.07, 6.45) is 0. The van der Waals surface area contributed by atoms with Crippen molar-refractivity contribution in [3.05, 3.63) is 27.7 Å². The van der Waals surface area contributed by atoms with Crippen molar-refractivity contribution in [3.63, 3.8) is 0 Å². The molecule has 0 saturated heterocycles. The molecule has 0 amide bonds. The summed E-state index contributed by atoms with van der Waals surface area (Å²) in [5, 5.41) is 17.3. The maximum absolute atomic E-state index is 10.7. The second-order valence-corrected chi connectivity index (χ2v) is 3.15. The number of benzene rings is 1. The van der Waals surface area contributed by atoms with Gasteiger partial charge in [-0.25, -0.2) is 4.79 Å². The second-order valence-electron chi connectivity index (χ2n) is 2.30. The molecule has 1 aromatic rings. The van der Waals surface area contributed by atoms with Crippen molar-refractivity contribution in [3.8, 4) is 6.07 Å². The number of nitrogens with two attached hydrogens (primary N) is 1. The maximum atomic E-state index is 10.7. The fourth-order valence-electron chi connectivity index (χ4n) is 0.908. The molecule has 0 heterocycles. The number of rotatable bonds is 1. The van der Waals surface area contributed by atoms with Crippen molar-refractivity contribution in [2.45, 2.75) is 0 Å². The number of halogens is 1. The van der Waals surface area contributed by atoms with Crippen LogP contribution in [0.25, 0.3) is 0 Å². The van der Waals surface area contributed by atoms with E-state index in [1.807, 2.05) is 6.07 Å². The van der Waals surface area contributed by atoms with Gasteiger partial charge in [0.1, 0.15) is 6.07 Å². The van der Waals surface area contributed by atoms with Crippen molar-refractivity contribution in [1.82, 2.24) is 0 Å². The Morgan fingerprint density at radius 1 is 1.62 bits per heavy atom. The van der Waals surface area contributed by atoms with E-state index in [0.717, 1.165) is 0 Å². The van der Waals surface area contributed by atoms with Crippen LogP contribution in [0.4, 0.5) is 5.69 Å². The molecule has 0 unspecified atom stereocenters. The van der Waals surface area contributed by atoms with Gasteiger partial charge in [-0.2, -0.15) is 5.26 Å². The minimum absolute atomic E-state index is 0.00984. The van der Waals surface area contributed by atoms with E-state index in [1.165, 1.54) is 12.1 Å². The van der Waals surface area contributed by atoms with Gasteiger partial charge in [-0.05, 0) is 28.1 Å². The summed E-state index contributed by atoms with van der Waals surface area (Å²) in [6, 6.07) is 4.76. The van der Waals surface area contributed by atoms with Gasteiger partial charge in [0.05, 0.1) is 16.8 Å². The van der Waals surface area contributed by atoms with E-state index in [9.17, 15) is 4.79 Å². The van der Waals surface area contributed by atoms with Gasteiger partial charge in [0.2, 0.25) is 0 Å². The van der Waals surface area contributed by atoms with E-state index >= 15 is 0 Å². The summed E-state index contributed by atoms with van der Waals surface area (Å²) in [7, 11) is 0. The van der Waals surface area contributed by atoms with Crippen LogP contribution in [0.15, 0.2) is 16.6 Å². The summed E-state index contributed by atoms with van der Waals surface area (Å²) >= 11 is 3.04. The van der Waals surface area contributed by atoms with Crippen LogP contribution in [-0.2, 0) is 0 Å². The van der Waals surface area contributed by atoms with E-state index < -0.39 is 5.97 Å². The quantitative estimate of drug-likeness (QED) is 0.731. The first-order valence-corrected chi connectivity index (χ1v) is 4.08. The van der Waals surface area contributed by atoms with Gasteiger partial charge in [0, 0.05) is 4.47 Å². The lowest BCUT2D eigenvalue weighted by Crippen LogP contribution is -2.05. The van der Waals surface area contributed by atoms with Gasteiger partial charge in [-0.3, -0.25) is 0 Å². The summed E-state index contributed by atoms with van der Waals surface area (Å²) in [5.41, 5.74) is 5.55. The van der Waals surface area contributed by atoms with Crippen molar-refractivity contribution in [2.24, 2.45) is 0 Å². The van der Waals surface area contributed by atoms with Crippen LogP contribution in [0.1, 0.15) is 15.9 Å². The number of hydrogen-bond acceptors (Lipinski definition) is 3. The van der Waals surface area contributed by atoms with E-state index in [2.05, 4.69) is 15.9 Å². The zero-order chi connectivity index (χ0) is 10.0. The molecule has 4 nitrogen and oxygen atoms in total. The van der Waals surface area contributed by atoms with Crippen LogP contribution in [0, 0.1) is 11.3 Å². The summed E-state index contributed by atoms with van der Waals surface area (Å²) in [5.74, 6) is -1.15. The van der Waals surface area contributed by atoms with Crippen molar-refractivity contribution in [2.75, 3.05) is 5.73 Å². The number of nitrogen functional groups attached to an aromatic ring is 1. The summed E-state index contributed by atoms with van der Waals surface area (Å²) in [4.78, 5) is 10.7. The van der Waals surface area contributed by atoms with E-state index in [1.54, 1.807) is 0 Å². The molecular weight excluding hydrogens is 236 g/mol. The molecule has 0 aromatic heterocycles. The average Bonchev–Trinajstić information content (AvgIpc) is 2.04. The molecule has 0 spiro atoms. The first kappa shape index (κ1) is 9.55. The Balaban J connectivity index is 3.50. The number of aromatic carboxylic acids is 1. The van der Waals surface area contributed by atoms with Crippen LogP contribution in [-0.4, -0.2) is 11.1 Å². The lowest BCUT2D eigenvalue weighted by atomic mass is 10.1. The molecule has 0 atom stereocenters. The Kier molecular flexibility index (Phi) is 2.54. The molecule has 0 bridgehead atoms. The summed E-state index contributed by atoms with van der Waals surface area (Å²) in [6.45, 7) is 0. The van der Waals surface area contributed by atoms with Crippen LogP contribution >= 0.6 is 15.9 Å². The molecule has 5 heteroatoms. The maximum Gasteiger partial charge on any atom is 0.339 e. The second kappa shape index (κ2) is 3.46. The number of carboxylic acid groups (broad SMARTS) is 1. The van der Waals surface area contributed by atoms with Crippen molar-refractivity contribution < 1.29 is 9.90 Å². The first-order chi connectivity index (χ1) is 6.07. The predicted molar refractivity (Wildman–Crippen MR) is 50.2 cm³/mol. The highest BCUT2D eigenvalue weighted by Crippen LogP contribution is 2.25. The highest BCUT2D eigenvalue weighted by atomic mass is 79.9. The fraction of sp³-hybridized carbons (Fsp3) is 0. The number of nitrogens with zero attached hydrogens (tertiary/aromatic N) is 1. The number of nitriles is 1. The Morgan fingerprint density at radius 3 is 2.69 bits per heavy atom. The van der Waals surface area contributed by atoms with Gasteiger partial charge in [-0.1, -0.05) is 0 Å².